The molecule has 0 spiro atoms. The van der Waals surface area contributed by atoms with Crippen molar-refractivity contribution in [3.8, 4) is 11.5 Å². The molecule has 0 saturated carbocycles. The number of aromatic amines is 1. The molecule has 2 heterocycles. The number of thioether (sulfide) groups is 1. The van der Waals surface area contributed by atoms with Gasteiger partial charge in [0, 0.05) is 17.7 Å². The van der Waals surface area contributed by atoms with Gasteiger partial charge in [-0.3, -0.25) is 0 Å². The van der Waals surface area contributed by atoms with Crippen LogP contribution in [0, 0.1) is 6.92 Å². The summed E-state index contributed by atoms with van der Waals surface area (Å²) in [5.74, 6) is 1.81. The van der Waals surface area contributed by atoms with Crippen molar-refractivity contribution in [3.05, 3.63) is 83.4 Å². The fourth-order valence-corrected chi connectivity index (χ4v) is 3.42. The summed E-state index contributed by atoms with van der Waals surface area (Å²) in [6, 6.07) is 20.1. The second kappa shape index (κ2) is 7.58. The van der Waals surface area contributed by atoms with Gasteiger partial charge in [-0.25, -0.2) is 4.98 Å². The number of hydrogen-bond acceptors (Lipinski definition) is 5. The lowest BCUT2D eigenvalue weighted by Crippen LogP contribution is -1.90. The van der Waals surface area contributed by atoms with Crippen LogP contribution < -0.4 is 0 Å². The van der Waals surface area contributed by atoms with Crippen LogP contribution in [0.5, 0.6) is 0 Å². The molecule has 4 aromatic rings. The minimum atomic E-state index is 0.543. The van der Waals surface area contributed by atoms with Gasteiger partial charge in [-0.1, -0.05) is 65.4 Å². The highest BCUT2D eigenvalue weighted by molar-refractivity contribution is 7.98. The maximum Gasteiger partial charge on any atom is 0.257 e. The van der Waals surface area contributed by atoms with Gasteiger partial charge in [-0.2, -0.15) is 4.98 Å². The fourth-order valence-electron chi connectivity index (χ4n) is 2.64. The average Bonchev–Trinajstić information content (AvgIpc) is 3.29. The van der Waals surface area contributed by atoms with Gasteiger partial charge >= 0.3 is 0 Å². The molecule has 26 heavy (non-hydrogen) atoms. The number of hydrogen-bond donors (Lipinski definition) is 1. The fraction of sp³-hybridized carbons (Fsp3) is 0.150. The zero-order chi connectivity index (χ0) is 17.8. The second-order valence-electron chi connectivity index (χ2n) is 5.95. The van der Waals surface area contributed by atoms with Crippen LogP contribution in [0.1, 0.15) is 22.8 Å². The summed E-state index contributed by atoms with van der Waals surface area (Å²) in [5, 5.41) is 4.93. The van der Waals surface area contributed by atoms with E-state index in [0.717, 1.165) is 28.5 Å². The van der Waals surface area contributed by atoms with Crippen molar-refractivity contribution < 1.29 is 4.52 Å². The molecule has 6 heteroatoms. The van der Waals surface area contributed by atoms with Gasteiger partial charge in [-0.15, -0.1) is 0 Å². The van der Waals surface area contributed by atoms with E-state index >= 15 is 0 Å². The van der Waals surface area contributed by atoms with Crippen LogP contribution in [0.4, 0.5) is 0 Å². The maximum atomic E-state index is 5.34. The first-order valence-electron chi connectivity index (χ1n) is 8.38. The lowest BCUT2D eigenvalue weighted by molar-refractivity contribution is 0.425. The largest absolute Gasteiger partial charge is 0.337 e. The summed E-state index contributed by atoms with van der Waals surface area (Å²) in [7, 11) is 0. The van der Waals surface area contributed by atoms with Gasteiger partial charge < -0.3 is 9.51 Å². The van der Waals surface area contributed by atoms with Crippen LogP contribution in [-0.2, 0) is 12.2 Å². The first-order valence-corrected chi connectivity index (χ1v) is 9.37. The Morgan fingerprint density at radius 2 is 1.69 bits per heavy atom. The minimum absolute atomic E-state index is 0.543. The number of aromatic nitrogens is 4. The summed E-state index contributed by atoms with van der Waals surface area (Å²) < 4.78 is 5.34. The smallest absolute Gasteiger partial charge is 0.257 e. The third-order valence-electron chi connectivity index (χ3n) is 4.01. The molecule has 2 aromatic heterocycles. The molecule has 0 radical (unpaired) electrons. The van der Waals surface area contributed by atoms with E-state index in [1.807, 2.05) is 48.5 Å². The Hall–Kier alpha value is -2.86. The molecule has 0 aliphatic rings. The van der Waals surface area contributed by atoms with Crippen LogP contribution in [0.3, 0.4) is 0 Å². The third-order valence-corrected chi connectivity index (χ3v) is 4.87. The van der Waals surface area contributed by atoms with E-state index in [2.05, 4.69) is 34.2 Å². The predicted octanol–water partition coefficient (Wildman–Crippen LogP) is 4.65. The second-order valence-corrected chi connectivity index (χ2v) is 6.91. The standard InChI is InChI=1S/C20H18N4OS/c1-14-17(12-15-8-4-2-5-9-15)22-20(21-14)26-13-18-23-19(25-24-18)16-10-6-3-7-11-16/h2-11H,12-13H2,1H3,(H,21,22). The van der Waals surface area contributed by atoms with Gasteiger partial charge in [0.15, 0.2) is 11.0 Å². The summed E-state index contributed by atoms with van der Waals surface area (Å²) in [4.78, 5) is 12.5. The van der Waals surface area contributed by atoms with Crippen molar-refractivity contribution in [1.29, 1.82) is 0 Å². The Kier molecular flexibility index (Phi) is 4.84. The molecule has 2 aromatic carbocycles. The molecule has 5 nitrogen and oxygen atoms in total. The highest BCUT2D eigenvalue weighted by atomic mass is 32.2. The number of benzene rings is 2. The molecule has 0 fully saturated rings. The third kappa shape index (κ3) is 3.86. The number of imidazole rings is 1. The van der Waals surface area contributed by atoms with Crippen molar-refractivity contribution in [2.24, 2.45) is 0 Å². The van der Waals surface area contributed by atoms with Gasteiger partial charge in [0.25, 0.3) is 5.89 Å². The van der Waals surface area contributed by atoms with Gasteiger partial charge in [-0.05, 0) is 24.6 Å². The number of nitrogens with zero attached hydrogens (tertiary/aromatic N) is 3. The first-order chi connectivity index (χ1) is 12.8. The van der Waals surface area contributed by atoms with E-state index in [1.54, 1.807) is 11.8 Å². The summed E-state index contributed by atoms with van der Waals surface area (Å²) in [5.41, 5.74) is 4.34. The maximum absolute atomic E-state index is 5.34. The number of nitrogens with one attached hydrogen (secondary N) is 1. The Balaban J connectivity index is 1.41. The van der Waals surface area contributed by atoms with Gasteiger partial charge in [0.05, 0.1) is 11.4 Å². The highest BCUT2D eigenvalue weighted by Gasteiger charge is 2.12. The van der Waals surface area contributed by atoms with Crippen molar-refractivity contribution in [2.75, 3.05) is 0 Å². The van der Waals surface area contributed by atoms with E-state index in [-0.39, 0.29) is 0 Å². The summed E-state index contributed by atoms with van der Waals surface area (Å²) in [6.07, 6.45) is 0.824. The monoisotopic (exact) mass is 362 g/mol. The van der Waals surface area contributed by atoms with Crippen LogP contribution >= 0.6 is 11.8 Å². The van der Waals surface area contributed by atoms with E-state index in [4.69, 9.17) is 9.51 Å². The average molecular weight is 362 g/mol. The molecule has 1 N–H and O–H groups in total. The number of H-pyrrole nitrogens is 1. The molecule has 0 aliphatic heterocycles. The molecular weight excluding hydrogens is 344 g/mol. The topological polar surface area (TPSA) is 67.6 Å². The minimum Gasteiger partial charge on any atom is -0.337 e. The quantitative estimate of drug-likeness (QED) is 0.506. The first kappa shape index (κ1) is 16.6. The highest BCUT2D eigenvalue weighted by Crippen LogP contribution is 2.23. The molecule has 130 valence electrons. The molecule has 0 amide bonds. The molecule has 0 unspecified atom stereocenters. The van der Waals surface area contributed by atoms with E-state index in [0.29, 0.717) is 17.5 Å². The Labute approximate surface area is 155 Å². The Morgan fingerprint density at radius 3 is 2.46 bits per heavy atom. The van der Waals surface area contributed by atoms with Crippen LogP contribution in [0.25, 0.3) is 11.5 Å². The van der Waals surface area contributed by atoms with E-state index in [9.17, 15) is 0 Å². The van der Waals surface area contributed by atoms with Crippen LogP contribution in [0.15, 0.2) is 70.3 Å². The van der Waals surface area contributed by atoms with E-state index < -0.39 is 0 Å². The number of rotatable bonds is 6. The van der Waals surface area contributed by atoms with Crippen LogP contribution in [-0.4, -0.2) is 20.1 Å². The molecular formula is C20H18N4OS. The molecule has 0 bridgehead atoms. The molecule has 0 aliphatic carbocycles. The lowest BCUT2D eigenvalue weighted by Gasteiger charge is -1.98. The molecule has 0 atom stereocenters. The predicted molar refractivity (Wildman–Crippen MR) is 102 cm³/mol. The summed E-state index contributed by atoms with van der Waals surface area (Å²) >= 11 is 1.58. The van der Waals surface area contributed by atoms with E-state index in [1.165, 1.54) is 5.56 Å². The Bertz CT molecular complexity index is 979. The number of aryl methyl sites for hydroxylation is 1. The van der Waals surface area contributed by atoms with Crippen molar-refractivity contribution in [3.63, 3.8) is 0 Å². The normalized spacial score (nSPS) is 11.0. The van der Waals surface area contributed by atoms with Crippen LogP contribution in [0.2, 0.25) is 0 Å². The molecule has 0 saturated heterocycles. The zero-order valence-corrected chi connectivity index (χ0v) is 15.2. The zero-order valence-electron chi connectivity index (χ0n) is 14.3. The van der Waals surface area contributed by atoms with Gasteiger partial charge in [0.1, 0.15) is 0 Å². The summed E-state index contributed by atoms with van der Waals surface area (Å²) in [6.45, 7) is 2.05. The van der Waals surface area contributed by atoms with Crippen molar-refractivity contribution in [2.45, 2.75) is 24.3 Å². The van der Waals surface area contributed by atoms with Crippen molar-refractivity contribution >= 4 is 11.8 Å². The van der Waals surface area contributed by atoms with Gasteiger partial charge in [0.2, 0.25) is 0 Å². The lowest BCUT2D eigenvalue weighted by atomic mass is 10.1. The SMILES string of the molecule is Cc1[nH]c(SCc2noc(-c3ccccc3)n2)nc1Cc1ccccc1. The molecule has 4 rings (SSSR count). The van der Waals surface area contributed by atoms with Crippen molar-refractivity contribution in [1.82, 2.24) is 20.1 Å². The Morgan fingerprint density at radius 1 is 0.962 bits per heavy atom.